The van der Waals surface area contributed by atoms with Crippen LogP contribution >= 0.6 is 11.8 Å². The summed E-state index contributed by atoms with van der Waals surface area (Å²) in [4.78, 5) is 11.3. The van der Waals surface area contributed by atoms with Crippen LogP contribution in [0.25, 0.3) is 0 Å². The van der Waals surface area contributed by atoms with Crippen molar-refractivity contribution >= 4 is 11.8 Å². The van der Waals surface area contributed by atoms with E-state index < -0.39 is 0 Å². The zero-order valence-corrected chi connectivity index (χ0v) is 8.75. The highest BCUT2D eigenvalue weighted by Crippen LogP contribution is 2.35. The normalized spacial score (nSPS) is 18.4. The van der Waals surface area contributed by atoms with Crippen molar-refractivity contribution in [2.75, 3.05) is 5.75 Å². The minimum atomic E-state index is -0.376. The Morgan fingerprint density at radius 3 is 3.07 bits per heavy atom. The average Bonchev–Trinajstić information content (AvgIpc) is 2.88. The van der Waals surface area contributed by atoms with Crippen LogP contribution in [0.4, 0.5) is 0 Å². The SMILES string of the molecule is C[C@H](O)CSc1n[nH]c(=O)n1C1CC1. The molecule has 0 bridgehead atoms. The molecule has 2 N–H and O–H groups in total. The maximum atomic E-state index is 11.3. The maximum absolute atomic E-state index is 11.3. The number of aromatic nitrogens is 3. The molecule has 1 aromatic rings. The fourth-order valence-corrected chi connectivity index (χ4v) is 2.11. The van der Waals surface area contributed by atoms with Crippen molar-refractivity contribution in [1.82, 2.24) is 14.8 Å². The van der Waals surface area contributed by atoms with E-state index in [4.69, 9.17) is 5.11 Å². The number of aromatic amines is 1. The Balaban J connectivity index is 2.12. The first-order chi connectivity index (χ1) is 6.68. The van der Waals surface area contributed by atoms with Crippen LogP contribution in [-0.2, 0) is 0 Å². The van der Waals surface area contributed by atoms with Gasteiger partial charge < -0.3 is 5.11 Å². The minimum Gasteiger partial charge on any atom is -0.393 e. The molecule has 0 radical (unpaired) electrons. The average molecular weight is 215 g/mol. The van der Waals surface area contributed by atoms with Crippen molar-refractivity contribution in [2.45, 2.75) is 37.1 Å². The molecule has 14 heavy (non-hydrogen) atoms. The summed E-state index contributed by atoms with van der Waals surface area (Å²) in [6.07, 6.45) is 1.74. The summed E-state index contributed by atoms with van der Waals surface area (Å²) >= 11 is 1.41. The van der Waals surface area contributed by atoms with E-state index in [-0.39, 0.29) is 11.8 Å². The molecule has 6 heteroatoms. The van der Waals surface area contributed by atoms with Gasteiger partial charge in [-0.3, -0.25) is 4.57 Å². The fourth-order valence-electron chi connectivity index (χ4n) is 1.24. The van der Waals surface area contributed by atoms with Crippen LogP contribution in [0.1, 0.15) is 25.8 Å². The van der Waals surface area contributed by atoms with Crippen LogP contribution in [0, 0.1) is 0 Å². The van der Waals surface area contributed by atoms with Gasteiger partial charge in [0.05, 0.1) is 6.10 Å². The standard InChI is InChI=1S/C8H13N3O2S/c1-5(12)4-14-8-10-9-7(13)11(8)6-2-3-6/h5-6,12H,2-4H2,1H3,(H,9,13)/t5-/m0/s1. The van der Waals surface area contributed by atoms with Crippen LogP contribution in [-0.4, -0.2) is 31.7 Å². The van der Waals surface area contributed by atoms with Gasteiger partial charge in [-0.05, 0) is 19.8 Å². The van der Waals surface area contributed by atoms with Crippen molar-refractivity contribution < 1.29 is 5.11 Å². The summed E-state index contributed by atoms with van der Waals surface area (Å²) in [6.45, 7) is 1.72. The Hall–Kier alpha value is -0.750. The molecule has 0 aliphatic heterocycles. The number of nitrogens with zero attached hydrogens (tertiary/aromatic N) is 2. The first-order valence-electron chi connectivity index (χ1n) is 4.66. The molecule has 0 amide bonds. The predicted octanol–water partition coefficient (Wildman–Crippen LogP) is 0.379. The van der Waals surface area contributed by atoms with E-state index in [2.05, 4.69) is 10.2 Å². The third-order valence-electron chi connectivity index (χ3n) is 2.04. The molecule has 5 nitrogen and oxygen atoms in total. The Bertz CT molecular complexity index is 367. The summed E-state index contributed by atoms with van der Waals surface area (Å²) in [7, 11) is 0. The van der Waals surface area contributed by atoms with Crippen LogP contribution in [0.2, 0.25) is 0 Å². The van der Waals surface area contributed by atoms with Gasteiger partial charge in [0, 0.05) is 11.8 Å². The quantitative estimate of drug-likeness (QED) is 0.712. The molecule has 1 atom stereocenters. The second-order valence-electron chi connectivity index (χ2n) is 3.57. The van der Waals surface area contributed by atoms with E-state index in [0.717, 1.165) is 12.8 Å². The Labute approximate surface area is 85.5 Å². The van der Waals surface area contributed by atoms with E-state index in [1.165, 1.54) is 11.8 Å². The molecule has 2 rings (SSSR count). The summed E-state index contributed by atoms with van der Waals surface area (Å²) < 4.78 is 1.69. The zero-order chi connectivity index (χ0) is 10.1. The Morgan fingerprint density at radius 2 is 2.50 bits per heavy atom. The molecular weight excluding hydrogens is 202 g/mol. The third kappa shape index (κ3) is 2.01. The second-order valence-corrected chi connectivity index (χ2v) is 4.56. The van der Waals surface area contributed by atoms with Gasteiger partial charge in [-0.25, -0.2) is 9.89 Å². The molecule has 0 saturated heterocycles. The molecule has 1 aliphatic rings. The highest BCUT2D eigenvalue weighted by Gasteiger charge is 2.28. The van der Waals surface area contributed by atoms with Gasteiger partial charge in [-0.1, -0.05) is 11.8 Å². The Morgan fingerprint density at radius 1 is 1.79 bits per heavy atom. The molecule has 1 heterocycles. The molecule has 1 saturated carbocycles. The van der Waals surface area contributed by atoms with Crippen molar-refractivity contribution in [1.29, 1.82) is 0 Å². The van der Waals surface area contributed by atoms with Gasteiger partial charge in [0.25, 0.3) is 0 Å². The molecule has 1 aliphatic carbocycles. The van der Waals surface area contributed by atoms with Gasteiger partial charge in [-0.2, -0.15) is 0 Å². The first-order valence-corrected chi connectivity index (χ1v) is 5.65. The van der Waals surface area contributed by atoms with Gasteiger partial charge in [0.15, 0.2) is 5.16 Å². The monoisotopic (exact) mass is 215 g/mol. The largest absolute Gasteiger partial charge is 0.393 e. The van der Waals surface area contributed by atoms with Crippen molar-refractivity contribution in [3.8, 4) is 0 Å². The fraction of sp³-hybridized carbons (Fsp3) is 0.750. The molecule has 0 spiro atoms. The van der Waals surface area contributed by atoms with E-state index in [1.807, 2.05) is 0 Å². The summed E-state index contributed by atoms with van der Waals surface area (Å²) in [5, 5.41) is 16.2. The number of hydrogen-bond donors (Lipinski definition) is 2. The van der Waals surface area contributed by atoms with Gasteiger partial charge >= 0.3 is 5.69 Å². The van der Waals surface area contributed by atoms with Crippen LogP contribution < -0.4 is 5.69 Å². The molecule has 0 unspecified atom stereocenters. The van der Waals surface area contributed by atoms with Crippen LogP contribution in [0.5, 0.6) is 0 Å². The van der Waals surface area contributed by atoms with E-state index in [0.29, 0.717) is 17.0 Å². The first kappa shape index (κ1) is 9.79. The lowest BCUT2D eigenvalue weighted by atomic mass is 10.5. The molecule has 78 valence electrons. The number of H-pyrrole nitrogens is 1. The summed E-state index contributed by atoms with van der Waals surface area (Å²) in [5.41, 5.74) is -0.138. The van der Waals surface area contributed by atoms with E-state index >= 15 is 0 Å². The number of rotatable bonds is 4. The molecule has 1 fully saturated rings. The maximum Gasteiger partial charge on any atom is 0.344 e. The predicted molar refractivity (Wildman–Crippen MR) is 53.5 cm³/mol. The van der Waals surface area contributed by atoms with Crippen molar-refractivity contribution in [3.05, 3.63) is 10.5 Å². The number of nitrogens with one attached hydrogen (secondary N) is 1. The molecule has 1 aromatic heterocycles. The van der Waals surface area contributed by atoms with Gasteiger partial charge in [0.1, 0.15) is 0 Å². The van der Waals surface area contributed by atoms with Crippen molar-refractivity contribution in [2.24, 2.45) is 0 Å². The topological polar surface area (TPSA) is 70.9 Å². The van der Waals surface area contributed by atoms with Crippen LogP contribution in [0.3, 0.4) is 0 Å². The van der Waals surface area contributed by atoms with Gasteiger partial charge in [0.2, 0.25) is 0 Å². The number of aliphatic hydroxyl groups excluding tert-OH is 1. The van der Waals surface area contributed by atoms with Gasteiger partial charge in [-0.15, -0.1) is 5.10 Å². The molecular formula is C8H13N3O2S. The number of aliphatic hydroxyl groups is 1. The van der Waals surface area contributed by atoms with E-state index in [1.54, 1.807) is 11.5 Å². The number of hydrogen-bond acceptors (Lipinski definition) is 4. The third-order valence-corrected chi connectivity index (χ3v) is 3.23. The summed E-state index contributed by atoms with van der Waals surface area (Å²) in [6, 6.07) is 0.331. The lowest BCUT2D eigenvalue weighted by molar-refractivity contribution is 0.220. The van der Waals surface area contributed by atoms with E-state index in [9.17, 15) is 4.79 Å². The lowest BCUT2D eigenvalue weighted by Gasteiger charge is -2.04. The number of thioether (sulfide) groups is 1. The van der Waals surface area contributed by atoms with Crippen molar-refractivity contribution in [3.63, 3.8) is 0 Å². The lowest BCUT2D eigenvalue weighted by Crippen LogP contribution is -2.16. The van der Waals surface area contributed by atoms with Crippen LogP contribution in [0.15, 0.2) is 9.95 Å². The second kappa shape index (κ2) is 3.78. The molecule has 0 aromatic carbocycles. The minimum absolute atomic E-state index is 0.138. The Kier molecular flexibility index (Phi) is 2.64. The summed E-state index contributed by atoms with van der Waals surface area (Å²) in [5.74, 6) is 0.566. The zero-order valence-electron chi connectivity index (χ0n) is 7.93. The smallest absolute Gasteiger partial charge is 0.344 e. The highest BCUT2D eigenvalue weighted by atomic mass is 32.2. The highest BCUT2D eigenvalue weighted by molar-refractivity contribution is 7.99.